The SMILES string of the molecule is CCc1ccc(OCCNS(=O)(=O)Cc2ccc(Br)cc2)cc1. The zero-order valence-corrected chi connectivity index (χ0v) is 15.4. The van der Waals surface area contributed by atoms with E-state index in [1.54, 1.807) is 12.1 Å². The lowest BCUT2D eigenvalue weighted by Crippen LogP contribution is -2.29. The van der Waals surface area contributed by atoms with Crippen LogP contribution < -0.4 is 9.46 Å². The summed E-state index contributed by atoms with van der Waals surface area (Å²) in [6.07, 6.45) is 0.982. The molecule has 0 aliphatic heterocycles. The molecule has 1 N–H and O–H groups in total. The number of ether oxygens (including phenoxy) is 1. The first-order valence-electron chi connectivity index (χ1n) is 7.42. The van der Waals surface area contributed by atoms with E-state index in [-0.39, 0.29) is 12.3 Å². The second-order valence-electron chi connectivity index (χ2n) is 5.13. The van der Waals surface area contributed by atoms with Crippen LogP contribution in [0.15, 0.2) is 53.0 Å². The molecule has 0 bridgehead atoms. The first-order valence-corrected chi connectivity index (χ1v) is 9.86. The summed E-state index contributed by atoms with van der Waals surface area (Å²) in [5.74, 6) is 0.708. The lowest BCUT2D eigenvalue weighted by atomic mass is 10.2. The van der Waals surface area contributed by atoms with Crippen molar-refractivity contribution in [3.63, 3.8) is 0 Å². The highest BCUT2D eigenvalue weighted by Crippen LogP contribution is 2.13. The number of sulfonamides is 1. The Labute approximate surface area is 146 Å². The Kier molecular flexibility index (Phi) is 6.62. The van der Waals surface area contributed by atoms with E-state index in [1.807, 2.05) is 36.4 Å². The van der Waals surface area contributed by atoms with E-state index in [0.29, 0.717) is 6.61 Å². The van der Waals surface area contributed by atoms with Crippen LogP contribution in [0.5, 0.6) is 5.75 Å². The Morgan fingerprint density at radius 1 is 1.00 bits per heavy atom. The fourth-order valence-electron chi connectivity index (χ4n) is 2.04. The summed E-state index contributed by atoms with van der Waals surface area (Å²) in [7, 11) is -3.36. The van der Waals surface area contributed by atoms with Crippen molar-refractivity contribution in [2.75, 3.05) is 13.2 Å². The van der Waals surface area contributed by atoms with Crippen molar-refractivity contribution >= 4 is 26.0 Å². The van der Waals surface area contributed by atoms with Crippen LogP contribution >= 0.6 is 15.9 Å². The molecule has 2 rings (SSSR count). The monoisotopic (exact) mass is 397 g/mol. The Bertz CT molecular complexity index is 713. The number of hydrogen-bond donors (Lipinski definition) is 1. The van der Waals surface area contributed by atoms with E-state index >= 15 is 0 Å². The number of aryl methyl sites for hydroxylation is 1. The van der Waals surface area contributed by atoms with Gasteiger partial charge in [0.15, 0.2) is 0 Å². The molecule has 0 heterocycles. The van der Waals surface area contributed by atoms with E-state index in [9.17, 15) is 8.42 Å². The van der Waals surface area contributed by atoms with E-state index in [0.717, 1.165) is 22.2 Å². The number of benzene rings is 2. The Morgan fingerprint density at radius 2 is 1.61 bits per heavy atom. The molecule has 0 aliphatic rings. The second kappa shape index (κ2) is 8.47. The summed E-state index contributed by atoms with van der Waals surface area (Å²) >= 11 is 3.33. The first-order chi connectivity index (χ1) is 11.0. The molecule has 124 valence electrons. The summed E-state index contributed by atoms with van der Waals surface area (Å²) in [4.78, 5) is 0. The van der Waals surface area contributed by atoms with Gasteiger partial charge in [0, 0.05) is 11.0 Å². The molecule has 0 amide bonds. The van der Waals surface area contributed by atoms with E-state index in [4.69, 9.17) is 4.74 Å². The fourth-order valence-corrected chi connectivity index (χ4v) is 3.43. The zero-order chi connectivity index (χ0) is 16.7. The van der Waals surface area contributed by atoms with Gasteiger partial charge >= 0.3 is 0 Å². The Hall–Kier alpha value is -1.37. The third-order valence-electron chi connectivity index (χ3n) is 3.29. The average molecular weight is 398 g/mol. The first kappa shape index (κ1) is 18.0. The molecule has 2 aromatic carbocycles. The van der Waals surface area contributed by atoms with Crippen molar-refractivity contribution in [2.24, 2.45) is 0 Å². The molecule has 23 heavy (non-hydrogen) atoms. The molecule has 0 spiro atoms. The minimum atomic E-state index is -3.36. The van der Waals surface area contributed by atoms with E-state index in [2.05, 4.69) is 27.6 Å². The largest absolute Gasteiger partial charge is 0.492 e. The van der Waals surface area contributed by atoms with Gasteiger partial charge in [-0.15, -0.1) is 0 Å². The predicted octanol–water partition coefficient (Wildman–Crippen LogP) is 3.51. The molecule has 0 fully saturated rings. The maximum Gasteiger partial charge on any atom is 0.215 e. The molecule has 0 saturated heterocycles. The van der Waals surface area contributed by atoms with Gasteiger partial charge in [-0.1, -0.05) is 47.1 Å². The molecule has 0 aromatic heterocycles. The molecule has 4 nitrogen and oxygen atoms in total. The standard InChI is InChI=1S/C17H20BrNO3S/c1-2-14-5-9-17(10-6-14)22-12-11-19-23(20,21)13-15-3-7-16(18)8-4-15/h3-10,19H,2,11-13H2,1H3. The van der Waals surface area contributed by atoms with Gasteiger partial charge in [-0.25, -0.2) is 13.1 Å². The highest BCUT2D eigenvalue weighted by Gasteiger charge is 2.10. The summed E-state index contributed by atoms with van der Waals surface area (Å²) in [5.41, 5.74) is 1.99. The highest BCUT2D eigenvalue weighted by atomic mass is 79.9. The lowest BCUT2D eigenvalue weighted by Gasteiger charge is -2.09. The fraction of sp³-hybridized carbons (Fsp3) is 0.294. The second-order valence-corrected chi connectivity index (χ2v) is 7.85. The minimum Gasteiger partial charge on any atom is -0.492 e. The smallest absolute Gasteiger partial charge is 0.215 e. The summed E-state index contributed by atoms with van der Waals surface area (Å²) in [6, 6.07) is 15.0. The molecule has 0 saturated carbocycles. The molecule has 0 aliphatic carbocycles. The molecular formula is C17H20BrNO3S. The van der Waals surface area contributed by atoms with Gasteiger partial charge < -0.3 is 4.74 Å². The van der Waals surface area contributed by atoms with Gasteiger partial charge in [-0.05, 0) is 41.8 Å². The molecule has 6 heteroatoms. The van der Waals surface area contributed by atoms with Crippen LogP contribution in [0, 0.1) is 0 Å². The van der Waals surface area contributed by atoms with E-state index < -0.39 is 10.0 Å². The molecule has 2 aromatic rings. The minimum absolute atomic E-state index is 0.0362. The van der Waals surface area contributed by atoms with Crippen molar-refractivity contribution in [1.29, 1.82) is 0 Å². The van der Waals surface area contributed by atoms with Crippen LogP contribution in [0.4, 0.5) is 0 Å². The summed E-state index contributed by atoms with van der Waals surface area (Å²) in [5, 5.41) is 0. The molecule has 0 radical (unpaired) electrons. The van der Waals surface area contributed by atoms with Gasteiger partial charge in [0.2, 0.25) is 10.0 Å². The number of rotatable bonds is 8. The van der Waals surface area contributed by atoms with Crippen LogP contribution in [0.25, 0.3) is 0 Å². The van der Waals surface area contributed by atoms with Gasteiger partial charge in [0.1, 0.15) is 12.4 Å². The molecule has 0 unspecified atom stereocenters. The quantitative estimate of drug-likeness (QED) is 0.693. The molecular weight excluding hydrogens is 378 g/mol. The Balaban J connectivity index is 1.76. The third-order valence-corrected chi connectivity index (χ3v) is 5.18. The third kappa shape index (κ3) is 6.33. The predicted molar refractivity (Wildman–Crippen MR) is 96.1 cm³/mol. The van der Waals surface area contributed by atoms with Crippen molar-refractivity contribution in [3.8, 4) is 5.75 Å². The van der Waals surface area contributed by atoms with Crippen molar-refractivity contribution in [1.82, 2.24) is 4.72 Å². The van der Waals surface area contributed by atoms with Gasteiger partial charge in [-0.3, -0.25) is 0 Å². The maximum atomic E-state index is 12.0. The van der Waals surface area contributed by atoms with Crippen LogP contribution in [0.3, 0.4) is 0 Å². The molecule has 0 atom stereocenters. The average Bonchev–Trinajstić information content (AvgIpc) is 2.54. The van der Waals surface area contributed by atoms with E-state index in [1.165, 1.54) is 5.56 Å². The van der Waals surface area contributed by atoms with Crippen LogP contribution in [0.2, 0.25) is 0 Å². The van der Waals surface area contributed by atoms with Crippen molar-refractivity contribution in [3.05, 3.63) is 64.1 Å². The summed E-state index contributed by atoms with van der Waals surface area (Å²) < 4.78 is 33.0. The van der Waals surface area contributed by atoms with Crippen LogP contribution in [-0.4, -0.2) is 21.6 Å². The van der Waals surface area contributed by atoms with Crippen molar-refractivity contribution in [2.45, 2.75) is 19.1 Å². The highest BCUT2D eigenvalue weighted by molar-refractivity contribution is 9.10. The van der Waals surface area contributed by atoms with Crippen molar-refractivity contribution < 1.29 is 13.2 Å². The van der Waals surface area contributed by atoms with Crippen LogP contribution in [-0.2, 0) is 22.2 Å². The number of nitrogens with one attached hydrogen (secondary N) is 1. The lowest BCUT2D eigenvalue weighted by molar-refractivity contribution is 0.322. The zero-order valence-electron chi connectivity index (χ0n) is 13.0. The maximum absolute atomic E-state index is 12.0. The van der Waals surface area contributed by atoms with Gasteiger partial charge in [0.25, 0.3) is 0 Å². The topological polar surface area (TPSA) is 55.4 Å². The van der Waals surface area contributed by atoms with Crippen LogP contribution in [0.1, 0.15) is 18.1 Å². The normalized spacial score (nSPS) is 11.4. The Morgan fingerprint density at radius 3 is 2.22 bits per heavy atom. The number of halogens is 1. The summed E-state index contributed by atoms with van der Waals surface area (Å²) in [6.45, 7) is 2.63. The van der Waals surface area contributed by atoms with Gasteiger partial charge in [-0.2, -0.15) is 0 Å². The number of hydrogen-bond acceptors (Lipinski definition) is 3. The van der Waals surface area contributed by atoms with Gasteiger partial charge in [0.05, 0.1) is 5.75 Å².